The average molecular weight is 196 g/mol. The second-order valence-electron chi connectivity index (χ2n) is 2.88. The van der Waals surface area contributed by atoms with Crippen molar-refractivity contribution in [3.8, 4) is 11.8 Å². The summed E-state index contributed by atoms with van der Waals surface area (Å²) >= 11 is 4.21. The molecule has 2 rings (SSSR count). The molecule has 0 spiro atoms. The van der Waals surface area contributed by atoms with E-state index < -0.39 is 0 Å². The molecule has 0 amide bonds. The van der Waals surface area contributed by atoms with Gasteiger partial charge in [-0.15, -0.1) is 18.4 Å². The average Bonchev–Trinajstić information content (AvgIpc) is 2.70. The molecule has 0 saturated heterocycles. The molecule has 0 aromatic heterocycles. The van der Waals surface area contributed by atoms with Crippen LogP contribution in [-0.2, 0) is 0 Å². The van der Waals surface area contributed by atoms with E-state index >= 15 is 0 Å². The third-order valence-electron chi connectivity index (χ3n) is 1.81. The Hall–Kier alpha value is -1.61. The Morgan fingerprint density at radius 3 is 2.50 bits per heavy atom. The van der Waals surface area contributed by atoms with E-state index in [0.717, 1.165) is 16.0 Å². The van der Waals surface area contributed by atoms with E-state index in [-0.39, 0.29) is 0 Å². The van der Waals surface area contributed by atoms with Gasteiger partial charge in [-0.25, -0.2) is 0 Å². The topological polar surface area (TPSA) is 0 Å². The minimum absolute atomic E-state index is 0.931. The Bertz CT molecular complexity index is 486. The molecule has 1 aromatic carbocycles. The van der Waals surface area contributed by atoms with Crippen LogP contribution in [0.4, 0.5) is 0 Å². The number of rotatable bonds is 0. The molecule has 0 bridgehead atoms. The standard InChI is InChI=1S/C13H8S/c14-13-9-7-12(8-10-13)6-5-11-3-1-2-4-11/h1-3,7-10,14H. The third-order valence-corrected chi connectivity index (χ3v) is 2.10. The van der Waals surface area contributed by atoms with Crippen LogP contribution in [-0.4, -0.2) is 0 Å². The van der Waals surface area contributed by atoms with Crippen LogP contribution >= 0.6 is 12.6 Å². The molecular weight excluding hydrogens is 188 g/mol. The van der Waals surface area contributed by atoms with Crippen molar-refractivity contribution in [3.63, 3.8) is 0 Å². The smallest absolute Gasteiger partial charge is 0.0667 e. The second-order valence-corrected chi connectivity index (χ2v) is 3.40. The van der Waals surface area contributed by atoms with Crippen molar-refractivity contribution in [2.24, 2.45) is 0 Å². The fraction of sp³-hybridized carbons (Fsp3) is 0. The van der Waals surface area contributed by atoms with E-state index in [1.807, 2.05) is 42.5 Å². The van der Waals surface area contributed by atoms with Gasteiger partial charge in [-0.3, -0.25) is 0 Å². The number of hydrogen-bond donors (Lipinski definition) is 1. The molecule has 0 unspecified atom stereocenters. The van der Waals surface area contributed by atoms with Crippen molar-refractivity contribution in [2.75, 3.05) is 0 Å². The van der Waals surface area contributed by atoms with Gasteiger partial charge >= 0.3 is 0 Å². The molecule has 0 aliphatic heterocycles. The minimum atomic E-state index is 0.931. The summed E-state index contributed by atoms with van der Waals surface area (Å²) in [7, 11) is 0. The van der Waals surface area contributed by atoms with Gasteiger partial charge in [0.25, 0.3) is 0 Å². The summed E-state index contributed by atoms with van der Waals surface area (Å²) < 4.78 is 0. The lowest BCUT2D eigenvalue weighted by atomic mass is 10.2. The van der Waals surface area contributed by atoms with Crippen LogP contribution in [0.3, 0.4) is 0 Å². The van der Waals surface area contributed by atoms with E-state index in [4.69, 9.17) is 0 Å². The van der Waals surface area contributed by atoms with Gasteiger partial charge in [-0.05, 0) is 36.4 Å². The lowest BCUT2D eigenvalue weighted by molar-refractivity contribution is 1.46. The van der Waals surface area contributed by atoms with Crippen LogP contribution < -0.4 is 0 Å². The van der Waals surface area contributed by atoms with E-state index in [0.29, 0.717) is 0 Å². The largest absolute Gasteiger partial charge is 0.143 e. The van der Waals surface area contributed by atoms with Gasteiger partial charge in [0.1, 0.15) is 0 Å². The third kappa shape index (κ3) is 2.20. The highest BCUT2D eigenvalue weighted by atomic mass is 32.1. The van der Waals surface area contributed by atoms with Crippen LogP contribution in [0.1, 0.15) is 5.56 Å². The van der Waals surface area contributed by atoms with Crippen LogP contribution in [0.25, 0.3) is 0 Å². The van der Waals surface area contributed by atoms with Gasteiger partial charge in [0, 0.05) is 10.5 Å². The van der Waals surface area contributed by atoms with Crippen molar-refractivity contribution >= 4 is 12.6 Å². The molecule has 1 aromatic rings. The zero-order valence-corrected chi connectivity index (χ0v) is 8.38. The summed E-state index contributed by atoms with van der Waals surface area (Å²) in [4.78, 5) is 0.954. The fourth-order valence-electron chi connectivity index (χ4n) is 1.09. The zero-order valence-electron chi connectivity index (χ0n) is 7.49. The quantitative estimate of drug-likeness (QED) is 0.368. The van der Waals surface area contributed by atoms with Crippen LogP contribution in [0, 0.1) is 11.8 Å². The van der Waals surface area contributed by atoms with Gasteiger partial charge in [0.2, 0.25) is 0 Å². The van der Waals surface area contributed by atoms with Crippen molar-refractivity contribution in [3.05, 3.63) is 59.4 Å². The lowest BCUT2D eigenvalue weighted by Gasteiger charge is -1.90. The van der Waals surface area contributed by atoms with Gasteiger partial charge in [-0.2, -0.15) is 0 Å². The predicted octanol–water partition coefficient (Wildman–Crippen LogP) is 2.98. The molecule has 0 saturated carbocycles. The van der Waals surface area contributed by atoms with Crippen LogP contribution in [0.5, 0.6) is 0 Å². The Labute approximate surface area is 89.1 Å². The van der Waals surface area contributed by atoms with Crippen molar-refractivity contribution in [1.82, 2.24) is 0 Å². The first-order valence-electron chi connectivity index (χ1n) is 4.29. The summed E-state index contributed by atoms with van der Waals surface area (Å²) in [5, 5.41) is 0. The summed E-state index contributed by atoms with van der Waals surface area (Å²) in [5.74, 6) is 6.09. The van der Waals surface area contributed by atoms with Gasteiger partial charge in [0.15, 0.2) is 0 Å². The van der Waals surface area contributed by atoms with Gasteiger partial charge in [-0.1, -0.05) is 17.9 Å². The zero-order chi connectivity index (χ0) is 9.80. The summed E-state index contributed by atoms with van der Waals surface area (Å²) in [6.07, 6.45) is 5.74. The number of allylic oxidation sites excluding steroid dienone is 3. The molecule has 0 nitrogen and oxygen atoms in total. The number of benzene rings is 1. The maximum atomic E-state index is 4.21. The molecule has 0 fully saturated rings. The van der Waals surface area contributed by atoms with Crippen molar-refractivity contribution < 1.29 is 0 Å². The van der Waals surface area contributed by atoms with Crippen LogP contribution in [0.2, 0.25) is 0 Å². The highest BCUT2D eigenvalue weighted by Crippen LogP contribution is 2.07. The summed E-state index contributed by atoms with van der Waals surface area (Å²) in [6.45, 7) is 0. The fourth-order valence-corrected chi connectivity index (χ4v) is 1.24. The maximum Gasteiger partial charge on any atom is 0.0667 e. The monoisotopic (exact) mass is 196 g/mol. The molecule has 14 heavy (non-hydrogen) atoms. The van der Waals surface area contributed by atoms with Crippen molar-refractivity contribution in [1.29, 1.82) is 0 Å². The number of thiol groups is 1. The molecule has 0 radical (unpaired) electrons. The minimum Gasteiger partial charge on any atom is -0.143 e. The first kappa shape index (κ1) is 8.97. The lowest BCUT2D eigenvalue weighted by Crippen LogP contribution is -1.73. The van der Waals surface area contributed by atoms with E-state index in [1.54, 1.807) is 0 Å². The molecule has 0 N–H and O–H groups in total. The molecular formula is C13H8S. The van der Waals surface area contributed by atoms with Crippen LogP contribution in [0.15, 0.2) is 58.7 Å². The normalized spacial score (nSPS) is 12.2. The highest BCUT2D eigenvalue weighted by molar-refractivity contribution is 7.80. The highest BCUT2D eigenvalue weighted by Gasteiger charge is 1.88. The summed E-state index contributed by atoms with van der Waals surface area (Å²) in [6, 6.07) is 7.78. The Morgan fingerprint density at radius 2 is 1.86 bits per heavy atom. The molecule has 1 aliphatic carbocycles. The first-order chi connectivity index (χ1) is 6.84. The second kappa shape index (κ2) is 4.07. The van der Waals surface area contributed by atoms with E-state index in [9.17, 15) is 0 Å². The molecule has 0 heterocycles. The molecule has 1 heteroatoms. The molecule has 1 aliphatic rings. The summed E-state index contributed by atoms with van der Waals surface area (Å²) in [5.41, 5.74) is 4.96. The van der Waals surface area contributed by atoms with Gasteiger partial charge < -0.3 is 0 Å². The van der Waals surface area contributed by atoms with E-state index in [1.165, 1.54) is 0 Å². The number of hydrogen-bond acceptors (Lipinski definition) is 1. The first-order valence-corrected chi connectivity index (χ1v) is 4.74. The molecule has 66 valence electrons. The van der Waals surface area contributed by atoms with Crippen molar-refractivity contribution in [2.45, 2.75) is 4.90 Å². The molecule has 0 atom stereocenters. The predicted molar refractivity (Wildman–Crippen MR) is 61.3 cm³/mol. The maximum absolute atomic E-state index is 4.21. The Morgan fingerprint density at radius 1 is 1.07 bits per heavy atom. The Balaban J connectivity index is 2.22. The Kier molecular flexibility index (Phi) is 2.60. The van der Waals surface area contributed by atoms with Gasteiger partial charge in [0.05, 0.1) is 5.57 Å². The SMILES string of the molecule is Sc1ccc(C#CC2=C=CC=C2)cc1. The van der Waals surface area contributed by atoms with E-state index in [2.05, 4.69) is 30.2 Å².